The van der Waals surface area contributed by atoms with Gasteiger partial charge in [-0.05, 0) is 29.9 Å². The Bertz CT molecular complexity index is 429. The van der Waals surface area contributed by atoms with Gasteiger partial charge in [0.05, 0.1) is 0 Å². The highest BCUT2D eigenvalue weighted by atomic mass is 16.5. The summed E-state index contributed by atoms with van der Waals surface area (Å²) in [5.41, 5.74) is 2.47. The minimum atomic E-state index is -0.0385. The standard InChI is InChI=1S/C18H30N2O2/c1-5-16-7-9-17(10-8-16)13-20(4)18(21)19-11-6-12-22-14-15(2)3/h7-10,15H,5-6,11-14H2,1-4H3,(H,19,21). The van der Waals surface area contributed by atoms with Gasteiger partial charge in [0.2, 0.25) is 0 Å². The molecule has 0 aliphatic carbocycles. The van der Waals surface area contributed by atoms with Crippen molar-refractivity contribution in [1.29, 1.82) is 0 Å². The quantitative estimate of drug-likeness (QED) is 0.710. The van der Waals surface area contributed by atoms with Crippen molar-refractivity contribution in [2.24, 2.45) is 5.92 Å². The number of nitrogens with one attached hydrogen (secondary N) is 1. The summed E-state index contributed by atoms with van der Waals surface area (Å²) in [6.07, 6.45) is 1.88. The van der Waals surface area contributed by atoms with Gasteiger partial charge in [0.15, 0.2) is 0 Å². The number of aryl methyl sites for hydroxylation is 1. The molecule has 0 fully saturated rings. The van der Waals surface area contributed by atoms with Crippen LogP contribution in [0.1, 0.15) is 38.3 Å². The van der Waals surface area contributed by atoms with E-state index in [1.54, 1.807) is 4.90 Å². The van der Waals surface area contributed by atoms with E-state index >= 15 is 0 Å². The second kappa shape index (κ2) is 10.2. The van der Waals surface area contributed by atoms with E-state index < -0.39 is 0 Å². The minimum absolute atomic E-state index is 0.0385. The van der Waals surface area contributed by atoms with Gasteiger partial charge >= 0.3 is 6.03 Å². The number of hydrogen-bond donors (Lipinski definition) is 1. The Morgan fingerprint density at radius 1 is 1.23 bits per heavy atom. The van der Waals surface area contributed by atoms with Crippen LogP contribution in [0.15, 0.2) is 24.3 Å². The zero-order valence-corrected chi connectivity index (χ0v) is 14.4. The van der Waals surface area contributed by atoms with Crippen LogP contribution >= 0.6 is 0 Å². The number of nitrogens with zero attached hydrogens (tertiary/aromatic N) is 1. The lowest BCUT2D eigenvalue weighted by molar-refractivity contribution is 0.108. The molecule has 0 heterocycles. The fourth-order valence-electron chi connectivity index (χ4n) is 2.05. The van der Waals surface area contributed by atoms with Crippen LogP contribution in [0.3, 0.4) is 0 Å². The first kappa shape index (κ1) is 18.5. The van der Waals surface area contributed by atoms with E-state index in [1.165, 1.54) is 5.56 Å². The van der Waals surface area contributed by atoms with Crippen LogP contribution in [0.2, 0.25) is 0 Å². The van der Waals surface area contributed by atoms with Gasteiger partial charge in [-0.25, -0.2) is 4.79 Å². The van der Waals surface area contributed by atoms with Gasteiger partial charge in [0, 0.05) is 33.4 Å². The zero-order valence-electron chi connectivity index (χ0n) is 14.4. The monoisotopic (exact) mass is 306 g/mol. The van der Waals surface area contributed by atoms with E-state index in [4.69, 9.17) is 4.74 Å². The molecule has 2 amide bonds. The molecule has 0 radical (unpaired) electrons. The van der Waals surface area contributed by atoms with Crippen molar-refractivity contribution >= 4 is 6.03 Å². The summed E-state index contributed by atoms with van der Waals surface area (Å²) in [6.45, 7) is 9.14. The van der Waals surface area contributed by atoms with Crippen LogP contribution in [0, 0.1) is 5.92 Å². The molecule has 1 aromatic rings. The van der Waals surface area contributed by atoms with Crippen LogP contribution in [0.4, 0.5) is 4.79 Å². The third-order valence-electron chi connectivity index (χ3n) is 3.39. The van der Waals surface area contributed by atoms with Crippen LogP contribution in [-0.2, 0) is 17.7 Å². The van der Waals surface area contributed by atoms with Crippen LogP contribution < -0.4 is 5.32 Å². The van der Waals surface area contributed by atoms with Crippen molar-refractivity contribution in [2.45, 2.75) is 40.2 Å². The second-order valence-electron chi connectivity index (χ2n) is 6.08. The van der Waals surface area contributed by atoms with Crippen molar-refractivity contribution in [1.82, 2.24) is 10.2 Å². The summed E-state index contributed by atoms with van der Waals surface area (Å²) in [4.78, 5) is 13.7. The van der Waals surface area contributed by atoms with Gasteiger partial charge in [-0.15, -0.1) is 0 Å². The van der Waals surface area contributed by atoms with Crippen LogP contribution in [0.5, 0.6) is 0 Å². The Hall–Kier alpha value is -1.55. The Balaban J connectivity index is 2.21. The van der Waals surface area contributed by atoms with Gasteiger partial charge in [-0.3, -0.25) is 0 Å². The Labute approximate surface area is 134 Å². The molecule has 1 N–H and O–H groups in total. The topological polar surface area (TPSA) is 41.6 Å². The number of amides is 2. The molecule has 0 saturated carbocycles. The molecular formula is C18H30N2O2. The molecule has 0 bridgehead atoms. The molecule has 4 nitrogen and oxygen atoms in total. The van der Waals surface area contributed by atoms with Crippen molar-refractivity contribution in [2.75, 3.05) is 26.8 Å². The van der Waals surface area contributed by atoms with Gasteiger partial charge < -0.3 is 15.0 Å². The SMILES string of the molecule is CCc1ccc(CN(C)C(=O)NCCCOCC(C)C)cc1. The summed E-state index contributed by atoms with van der Waals surface area (Å²) in [6, 6.07) is 8.37. The molecule has 4 heteroatoms. The lowest BCUT2D eigenvalue weighted by Gasteiger charge is -2.18. The molecular weight excluding hydrogens is 276 g/mol. The Morgan fingerprint density at radius 2 is 1.86 bits per heavy atom. The molecule has 0 aliphatic heterocycles. The fourth-order valence-corrected chi connectivity index (χ4v) is 2.05. The molecule has 1 rings (SSSR count). The minimum Gasteiger partial charge on any atom is -0.381 e. The predicted octanol–water partition coefficient (Wildman–Crippen LogP) is 3.45. The van der Waals surface area contributed by atoms with E-state index in [0.717, 1.165) is 25.0 Å². The van der Waals surface area contributed by atoms with E-state index in [2.05, 4.69) is 50.4 Å². The van der Waals surface area contributed by atoms with E-state index in [-0.39, 0.29) is 6.03 Å². The lowest BCUT2D eigenvalue weighted by Crippen LogP contribution is -2.37. The second-order valence-corrected chi connectivity index (χ2v) is 6.08. The van der Waals surface area contributed by atoms with Crippen molar-refractivity contribution in [3.05, 3.63) is 35.4 Å². The summed E-state index contributed by atoms with van der Waals surface area (Å²) in [7, 11) is 1.82. The number of ether oxygens (including phenoxy) is 1. The number of urea groups is 1. The summed E-state index contributed by atoms with van der Waals surface area (Å²) >= 11 is 0. The van der Waals surface area contributed by atoms with Gasteiger partial charge in [-0.2, -0.15) is 0 Å². The average molecular weight is 306 g/mol. The lowest BCUT2D eigenvalue weighted by atomic mass is 10.1. The van der Waals surface area contributed by atoms with Crippen LogP contribution in [0.25, 0.3) is 0 Å². The summed E-state index contributed by atoms with van der Waals surface area (Å²) in [5, 5.41) is 2.92. The van der Waals surface area contributed by atoms with Crippen molar-refractivity contribution in [3.8, 4) is 0 Å². The maximum absolute atomic E-state index is 12.0. The smallest absolute Gasteiger partial charge is 0.317 e. The highest BCUT2D eigenvalue weighted by molar-refractivity contribution is 5.73. The van der Waals surface area contributed by atoms with Gasteiger partial charge in [0.1, 0.15) is 0 Å². The third-order valence-corrected chi connectivity index (χ3v) is 3.39. The zero-order chi connectivity index (χ0) is 16.4. The molecule has 22 heavy (non-hydrogen) atoms. The molecule has 0 saturated heterocycles. The number of rotatable bonds is 9. The number of carbonyl (C=O) groups is 1. The normalized spacial score (nSPS) is 10.8. The number of hydrogen-bond acceptors (Lipinski definition) is 2. The first-order valence-electron chi connectivity index (χ1n) is 8.17. The molecule has 0 spiro atoms. The molecule has 1 aromatic carbocycles. The molecule has 0 atom stereocenters. The molecule has 0 unspecified atom stereocenters. The van der Waals surface area contributed by atoms with E-state index in [9.17, 15) is 4.79 Å². The number of carbonyl (C=O) groups excluding carboxylic acids is 1. The maximum atomic E-state index is 12.0. The maximum Gasteiger partial charge on any atom is 0.317 e. The first-order chi connectivity index (χ1) is 10.5. The number of benzene rings is 1. The van der Waals surface area contributed by atoms with Crippen LogP contribution in [-0.4, -0.2) is 37.7 Å². The Morgan fingerprint density at radius 3 is 2.45 bits per heavy atom. The van der Waals surface area contributed by atoms with Crippen molar-refractivity contribution < 1.29 is 9.53 Å². The van der Waals surface area contributed by atoms with E-state index in [1.807, 2.05) is 7.05 Å². The fraction of sp³-hybridized carbons (Fsp3) is 0.611. The summed E-state index contributed by atoms with van der Waals surface area (Å²) < 4.78 is 5.49. The predicted molar refractivity (Wildman–Crippen MR) is 91.0 cm³/mol. The average Bonchev–Trinajstić information content (AvgIpc) is 2.50. The first-order valence-corrected chi connectivity index (χ1v) is 8.17. The van der Waals surface area contributed by atoms with E-state index in [0.29, 0.717) is 25.6 Å². The Kier molecular flexibility index (Phi) is 8.60. The largest absolute Gasteiger partial charge is 0.381 e. The molecule has 124 valence electrons. The van der Waals surface area contributed by atoms with Crippen molar-refractivity contribution in [3.63, 3.8) is 0 Å². The third kappa shape index (κ3) is 7.46. The van der Waals surface area contributed by atoms with Gasteiger partial charge in [0.25, 0.3) is 0 Å². The molecule has 0 aromatic heterocycles. The highest BCUT2D eigenvalue weighted by Gasteiger charge is 2.08. The highest BCUT2D eigenvalue weighted by Crippen LogP contribution is 2.07. The van der Waals surface area contributed by atoms with Gasteiger partial charge in [-0.1, -0.05) is 45.0 Å². The summed E-state index contributed by atoms with van der Waals surface area (Å²) in [5.74, 6) is 0.555. The molecule has 0 aliphatic rings.